The number of urea groups is 1. The molecule has 0 spiro atoms. The Morgan fingerprint density at radius 2 is 1.71 bits per heavy atom. The number of fused-ring (bicyclic) bond motifs is 2. The summed E-state index contributed by atoms with van der Waals surface area (Å²) in [5.74, 6) is 3.70. The van der Waals surface area contributed by atoms with Crippen LogP contribution in [0.1, 0.15) is 12.0 Å². The number of hydrogen-bond donors (Lipinski definition) is 1. The molecule has 0 aromatic heterocycles. The van der Waals surface area contributed by atoms with Crippen LogP contribution in [-0.2, 0) is 0 Å². The van der Waals surface area contributed by atoms with Gasteiger partial charge in [-0.1, -0.05) is 18.2 Å². The van der Waals surface area contributed by atoms with Gasteiger partial charge in [-0.3, -0.25) is 0 Å². The summed E-state index contributed by atoms with van der Waals surface area (Å²) in [6, 6.07) is 20.8. The minimum atomic E-state index is -0.126. The Kier molecular flexibility index (Phi) is 6.43. The van der Waals surface area contributed by atoms with E-state index in [9.17, 15) is 4.79 Å². The van der Waals surface area contributed by atoms with Gasteiger partial charge < -0.3 is 29.3 Å². The van der Waals surface area contributed by atoms with Crippen molar-refractivity contribution in [2.75, 3.05) is 45.7 Å². The smallest absolute Gasteiger partial charge is 0.321 e. The summed E-state index contributed by atoms with van der Waals surface area (Å²) in [5, 5.41) is 2.98. The Labute approximate surface area is 204 Å². The number of rotatable bonds is 3. The molecule has 1 fully saturated rings. The van der Waals surface area contributed by atoms with E-state index in [1.54, 1.807) is 14.2 Å². The minimum absolute atomic E-state index is 0.126. The highest BCUT2D eigenvalue weighted by molar-refractivity contribution is 6.04. The van der Waals surface area contributed by atoms with Crippen molar-refractivity contribution in [1.82, 2.24) is 9.80 Å². The predicted octanol–water partition coefficient (Wildman–Crippen LogP) is 5.13. The van der Waals surface area contributed by atoms with Crippen molar-refractivity contribution in [3.8, 4) is 23.0 Å². The van der Waals surface area contributed by atoms with E-state index in [1.165, 1.54) is 0 Å². The number of carbonyl (C=O) groups excluding carboxylic acids is 1. The fourth-order valence-corrected chi connectivity index (χ4v) is 4.31. The molecule has 2 aliphatic heterocycles. The van der Waals surface area contributed by atoms with Crippen LogP contribution in [0.5, 0.6) is 23.0 Å². The van der Waals surface area contributed by atoms with Gasteiger partial charge in [0.15, 0.2) is 5.75 Å². The maximum absolute atomic E-state index is 13.0. The zero-order valence-electron chi connectivity index (χ0n) is 19.9. The number of benzene rings is 3. The third kappa shape index (κ3) is 4.87. The Hall–Kier alpha value is -4.20. The lowest BCUT2D eigenvalue weighted by atomic mass is 10.1. The average Bonchev–Trinajstić information content (AvgIpc) is 3.23. The minimum Gasteiger partial charge on any atom is -0.497 e. The van der Waals surface area contributed by atoms with Crippen LogP contribution < -0.4 is 19.5 Å². The maximum Gasteiger partial charge on any atom is 0.321 e. The van der Waals surface area contributed by atoms with Crippen LogP contribution in [-0.4, -0.2) is 62.1 Å². The third-order valence-corrected chi connectivity index (χ3v) is 6.14. The van der Waals surface area contributed by atoms with Gasteiger partial charge in [0, 0.05) is 37.9 Å². The quantitative estimate of drug-likeness (QED) is 0.572. The molecule has 8 nitrogen and oxygen atoms in total. The number of nitrogens with one attached hydrogen (secondary N) is 1. The SMILES string of the molecule is COc1cccc(NC(=O)N2CCCN(C3=Nc4ccccc4Oc4ccc(OC)cc43)CC2)c1. The molecule has 2 amide bonds. The average molecular weight is 473 g/mol. The Morgan fingerprint density at radius 1 is 0.886 bits per heavy atom. The molecule has 0 radical (unpaired) electrons. The molecule has 5 rings (SSSR count). The highest BCUT2D eigenvalue weighted by Gasteiger charge is 2.26. The van der Waals surface area contributed by atoms with Crippen molar-refractivity contribution in [3.05, 3.63) is 72.3 Å². The van der Waals surface area contributed by atoms with Gasteiger partial charge in [-0.25, -0.2) is 9.79 Å². The van der Waals surface area contributed by atoms with Gasteiger partial charge >= 0.3 is 6.03 Å². The molecule has 8 heteroatoms. The fourth-order valence-electron chi connectivity index (χ4n) is 4.31. The van der Waals surface area contributed by atoms with Gasteiger partial charge in [0.1, 0.15) is 28.8 Å². The molecule has 2 aliphatic rings. The van der Waals surface area contributed by atoms with E-state index < -0.39 is 0 Å². The van der Waals surface area contributed by atoms with E-state index in [0.29, 0.717) is 36.8 Å². The van der Waals surface area contributed by atoms with Gasteiger partial charge in [0.2, 0.25) is 0 Å². The molecule has 1 N–H and O–H groups in total. The highest BCUT2D eigenvalue weighted by atomic mass is 16.5. The van der Waals surface area contributed by atoms with Crippen molar-refractivity contribution >= 4 is 23.2 Å². The summed E-state index contributed by atoms with van der Waals surface area (Å²) >= 11 is 0. The maximum atomic E-state index is 13.0. The van der Waals surface area contributed by atoms with Crippen molar-refractivity contribution in [1.29, 1.82) is 0 Å². The summed E-state index contributed by atoms with van der Waals surface area (Å²) in [6.45, 7) is 2.62. The van der Waals surface area contributed by atoms with Crippen molar-refractivity contribution in [3.63, 3.8) is 0 Å². The molecule has 1 saturated heterocycles. The molecular weight excluding hydrogens is 444 g/mol. The van der Waals surface area contributed by atoms with E-state index in [4.69, 9.17) is 19.2 Å². The van der Waals surface area contributed by atoms with Crippen LogP contribution in [0.25, 0.3) is 0 Å². The van der Waals surface area contributed by atoms with Crippen LogP contribution in [0.4, 0.5) is 16.2 Å². The summed E-state index contributed by atoms with van der Waals surface area (Å²) in [4.78, 5) is 22.1. The normalized spacial score (nSPS) is 15.0. The van der Waals surface area contributed by atoms with Crippen molar-refractivity contribution < 1.29 is 19.0 Å². The van der Waals surface area contributed by atoms with Gasteiger partial charge in [0.05, 0.1) is 19.8 Å². The molecule has 3 aromatic rings. The number of amidine groups is 1. The third-order valence-electron chi connectivity index (χ3n) is 6.14. The lowest BCUT2D eigenvalue weighted by Gasteiger charge is -2.25. The van der Waals surface area contributed by atoms with Gasteiger partial charge in [0.25, 0.3) is 0 Å². The number of carbonyl (C=O) groups is 1. The Balaban J connectivity index is 1.38. The van der Waals surface area contributed by atoms with E-state index >= 15 is 0 Å². The molecule has 0 unspecified atom stereocenters. The van der Waals surface area contributed by atoms with E-state index in [1.807, 2.05) is 71.6 Å². The second-order valence-corrected chi connectivity index (χ2v) is 8.36. The number of amides is 2. The monoisotopic (exact) mass is 472 g/mol. The lowest BCUT2D eigenvalue weighted by Crippen LogP contribution is -2.39. The number of anilines is 1. The van der Waals surface area contributed by atoms with Gasteiger partial charge in [-0.2, -0.15) is 0 Å². The molecule has 3 aromatic carbocycles. The first-order valence-electron chi connectivity index (χ1n) is 11.6. The lowest BCUT2D eigenvalue weighted by molar-refractivity contribution is 0.214. The standard InChI is InChI=1S/C27H28N4O4/c1-33-20-8-5-7-19(17-20)28-27(32)31-14-6-13-30(15-16-31)26-22-18-21(34-2)11-12-24(22)35-25-10-4-3-9-23(25)29-26/h3-5,7-12,17-18H,6,13-16H2,1-2H3,(H,28,32). The molecule has 35 heavy (non-hydrogen) atoms. The zero-order valence-corrected chi connectivity index (χ0v) is 19.9. The van der Waals surface area contributed by atoms with Gasteiger partial charge in [-0.15, -0.1) is 0 Å². The number of ether oxygens (including phenoxy) is 3. The number of hydrogen-bond acceptors (Lipinski definition) is 6. The Morgan fingerprint density at radius 3 is 2.57 bits per heavy atom. The summed E-state index contributed by atoms with van der Waals surface area (Å²) in [7, 11) is 3.26. The van der Waals surface area contributed by atoms with Crippen LogP contribution >= 0.6 is 0 Å². The molecule has 0 saturated carbocycles. The molecular formula is C27H28N4O4. The molecule has 0 atom stereocenters. The number of aliphatic imine (C=N–C) groups is 1. The van der Waals surface area contributed by atoms with Crippen molar-refractivity contribution in [2.24, 2.45) is 4.99 Å². The summed E-state index contributed by atoms with van der Waals surface area (Å²) in [6.07, 6.45) is 0.812. The zero-order chi connectivity index (χ0) is 24.2. The van der Waals surface area contributed by atoms with E-state index in [-0.39, 0.29) is 6.03 Å². The summed E-state index contributed by atoms with van der Waals surface area (Å²) < 4.78 is 17.0. The largest absolute Gasteiger partial charge is 0.497 e. The topological polar surface area (TPSA) is 75.6 Å². The van der Waals surface area contributed by atoms with Gasteiger partial charge in [-0.05, 0) is 48.9 Å². The number of nitrogens with zero attached hydrogens (tertiary/aromatic N) is 3. The van der Waals surface area contributed by atoms with E-state index in [0.717, 1.165) is 41.6 Å². The second-order valence-electron chi connectivity index (χ2n) is 8.36. The Bertz CT molecular complexity index is 1260. The first-order valence-corrected chi connectivity index (χ1v) is 11.6. The van der Waals surface area contributed by atoms with Crippen LogP contribution in [0.2, 0.25) is 0 Å². The van der Waals surface area contributed by atoms with E-state index in [2.05, 4.69) is 10.2 Å². The number of methoxy groups -OCH3 is 2. The molecule has 0 bridgehead atoms. The van der Waals surface area contributed by atoms with Crippen molar-refractivity contribution in [2.45, 2.75) is 6.42 Å². The van der Waals surface area contributed by atoms with Crippen LogP contribution in [0.3, 0.4) is 0 Å². The summed E-state index contributed by atoms with van der Waals surface area (Å²) in [5.41, 5.74) is 2.35. The molecule has 180 valence electrons. The first-order chi connectivity index (χ1) is 17.1. The first kappa shape index (κ1) is 22.6. The number of para-hydroxylation sites is 2. The second kappa shape index (κ2) is 9.97. The van der Waals surface area contributed by atoms with Crippen LogP contribution in [0.15, 0.2) is 71.7 Å². The highest BCUT2D eigenvalue weighted by Crippen LogP contribution is 2.39. The molecule has 2 heterocycles. The predicted molar refractivity (Wildman–Crippen MR) is 135 cm³/mol. The fraction of sp³-hybridized carbons (Fsp3) is 0.259. The van der Waals surface area contributed by atoms with Crippen LogP contribution in [0, 0.1) is 0 Å². The molecule has 0 aliphatic carbocycles.